The van der Waals surface area contributed by atoms with Gasteiger partial charge in [-0.1, -0.05) is 62.4 Å². The lowest BCUT2D eigenvalue weighted by molar-refractivity contribution is -0.139. The molecule has 2 saturated carbocycles. The number of thiophene rings is 2. The number of ketones is 1. The van der Waals surface area contributed by atoms with Gasteiger partial charge in [0.2, 0.25) is 5.91 Å². The minimum Gasteiger partial charge on any atom is -0.337 e. The second-order valence-electron chi connectivity index (χ2n) is 11.9. The van der Waals surface area contributed by atoms with Crippen LogP contribution in [-0.2, 0) is 9.59 Å². The fourth-order valence-corrected chi connectivity index (χ4v) is 9.04. The Balaban J connectivity index is 1.11. The third-order valence-corrected chi connectivity index (χ3v) is 11.4. The number of carbonyl (C=O) groups excluding carboxylic acids is 4. The van der Waals surface area contributed by atoms with Crippen LogP contribution in [0.1, 0.15) is 65.0 Å². The first kappa shape index (κ1) is 26.6. The lowest BCUT2D eigenvalue weighted by Crippen LogP contribution is -2.55. The van der Waals surface area contributed by atoms with Crippen LogP contribution >= 0.6 is 22.7 Å². The minimum atomic E-state index is -0.966. The van der Waals surface area contributed by atoms with Crippen LogP contribution < -0.4 is 5.32 Å². The maximum atomic E-state index is 14.3. The van der Waals surface area contributed by atoms with Gasteiger partial charge in [0, 0.05) is 16.8 Å². The van der Waals surface area contributed by atoms with E-state index in [1.54, 1.807) is 21.2 Å². The summed E-state index contributed by atoms with van der Waals surface area (Å²) in [5.74, 6) is -0.121. The molecular formula is C32H33N3O4S2. The van der Waals surface area contributed by atoms with E-state index in [1.165, 1.54) is 29.1 Å². The standard InChI is InChI=1S/C32H33N3O4S2/c36-25-18-35(30(38)27-12-11-26(41-27)21-9-5-2-6-10-21)24-13-15-34(28(24)25)31(39)32(33-29(37)22-14-16-40-19-22)17-23(32)20-7-3-1-4-8-20/h2,5-6,9-12,14,16,19-20,23-24,28H,1,3-4,7-8,13,15,17-18H2,(H,33,37)/t23?,24-,28+,32+/m1/s1. The van der Waals surface area contributed by atoms with E-state index in [9.17, 15) is 19.2 Å². The van der Waals surface area contributed by atoms with E-state index >= 15 is 0 Å². The van der Waals surface area contributed by atoms with Crippen LogP contribution in [0.3, 0.4) is 0 Å². The van der Waals surface area contributed by atoms with E-state index in [1.807, 2.05) is 47.8 Å². The summed E-state index contributed by atoms with van der Waals surface area (Å²) in [6.07, 6.45) is 6.87. The molecule has 2 aliphatic carbocycles. The van der Waals surface area contributed by atoms with Crippen molar-refractivity contribution in [1.82, 2.24) is 15.1 Å². The van der Waals surface area contributed by atoms with Gasteiger partial charge in [-0.15, -0.1) is 11.3 Å². The molecule has 4 aliphatic rings. The smallest absolute Gasteiger partial charge is 0.264 e. The number of amides is 3. The van der Waals surface area contributed by atoms with Crippen LogP contribution in [0.15, 0.2) is 59.3 Å². The Morgan fingerprint density at radius 2 is 1.73 bits per heavy atom. The first-order valence-corrected chi connectivity index (χ1v) is 16.4. The van der Waals surface area contributed by atoms with E-state index in [2.05, 4.69) is 5.32 Å². The molecule has 0 radical (unpaired) electrons. The number of carbonyl (C=O) groups is 4. The van der Waals surface area contributed by atoms with Gasteiger partial charge in [-0.05, 0) is 53.8 Å². The molecule has 3 aromatic rings. The number of likely N-dealkylation sites (tertiary alicyclic amines) is 2. The Labute approximate surface area is 247 Å². The molecule has 1 aromatic carbocycles. The Bertz CT molecular complexity index is 1480. The Kier molecular flexibility index (Phi) is 6.82. The van der Waals surface area contributed by atoms with Gasteiger partial charge in [-0.25, -0.2) is 0 Å². The van der Waals surface area contributed by atoms with Gasteiger partial charge in [0.25, 0.3) is 11.8 Å². The van der Waals surface area contributed by atoms with Crippen LogP contribution in [0.4, 0.5) is 0 Å². The van der Waals surface area contributed by atoms with Gasteiger partial charge in [0.1, 0.15) is 11.6 Å². The number of benzene rings is 1. The zero-order chi connectivity index (χ0) is 28.1. The lowest BCUT2D eigenvalue weighted by atomic mass is 9.84. The lowest BCUT2D eigenvalue weighted by Gasteiger charge is -2.31. The van der Waals surface area contributed by atoms with Gasteiger partial charge >= 0.3 is 0 Å². The summed E-state index contributed by atoms with van der Waals surface area (Å²) in [5, 5.41) is 6.81. The molecule has 4 fully saturated rings. The summed E-state index contributed by atoms with van der Waals surface area (Å²) >= 11 is 2.88. The molecule has 1 N–H and O–H groups in total. The molecule has 1 unspecified atom stereocenters. The van der Waals surface area contributed by atoms with Crippen LogP contribution in [0, 0.1) is 11.8 Å². The Hall–Kier alpha value is -3.30. The summed E-state index contributed by atoms with van der Waals surface area (Å²) in [6, 6.07) is 14.5. The zero-order valence-electron chi connectivity index (χ0n) is 22.8. The summed E-state index contributed by atoms with van der Waals surface area (Å²) in [6.45, 7) is 0.424. The quantitative estimate of drug-likeness (QED) is 0.428. The fourth-order valence-electron chi connectivity index (χ4n) is 7.43. The molecule has 0 spiro atoms. The average Bonchev–Trinajstić information content (AvgIpc) is 3.58. The summed E-state index contributed by atoms with van der Waals surface area (Å²) in [5.41, 5.74) is 0.651. The number of rotatable bonds is 6. The molecule has 2 aromatic heterocycles. The highest BCUT2D eigenvalue weighted by molar-refractivity contribution is 7.17. The van der Waals surface area contributed by atoms with Gasteiger partial charge in [0.05, 0.1) is 23.0 Å². The topological polar surface area (TPSA) is 86.8 Å². The van der Waals surface area contributed by atoms with Crippen molar-refractivity contribution in [2.75, 3.05) is 13.1 Å². The first-order chi connectivity index (χ1) is 20.0. The summed E-state index contributed by atoms with van der Waals surface area (Å²) in [4.78, 5) is 59.6. The van der Waals surface area contributed by atoms with Crippen molar-refractivity contribution >= 4 is 46.2 Å². The largest absolute Gasteiger partial charge is 0.337 e. The fraction of sp³-hybridized carbons (Fsp3) is 0.438. The summed E-state index contributed by atoms with van der Waals surface area (Å²) in [7, 11) is 0. The number of nitrogens with one attached hydrogen (secondary N) is 1. The number of fused-ring (bicyclic) bond motifs is 1. The van der Waals surface area contributed by atoms with Crippen molar-refractivity contribution in [2.45, 2.75) is 62.6 Å². The number of hydrogen-bond donors (Lipinski definition) is 1. The maximum absolute atomic E-state index is 14.3. The highest BCUT2D eigenvalue weighted by atomic mass is 32.1. The van der Waals surface area contributed by atoms with Gasteiger partial charge in [-0.3, -0.25) is 19.2 Å². The highest BCUT2D eigenvalue weighted by Crippen LogP contribution is 2.54. The molecule has 2 aliphatic heterocycles. The highest BCUT2D eigenvalue weighted by Gasteiger charge is 2.66. The van der Waals surface area contributed by atoms with Crippen molar-refractivity contribution in [1.29, 1.82) is 0 Å². The molecule has 9 heteroatoms. The average molecular weight is 588 g/mol. The molecule has 7 rings (SSSR count). The predicted molar refractivity (Wildman–Crippen MR) is 159 cm³/mol. The summed E-state index contributed by atoms with van der Waals surface area (Å²) < 4.78 is 0. The number of nitrogens with zero attached hydrogens (tertiary/aromatic N) is 2. The van der Waals surface area contributed by atoms with Crippen LogP contribution in [-0.4, -0.2) is 64.0 Å². The molecule has 41 heavy (non-hydrogen) atoms. The second-order valence-corrected chi connectivity index (χ2v) is 13.7. The van der Waals surface area contributed by atoms with Crippen molar-refractivity contribution in [3.05, 3.63) is 69.7 Å². The molecular weight excluding hydrogens is 555 g/mol. The second kappa shape index (κ2) is 10.5. The number of hydrogen-bond acceptors (Lipinski definition) is 6. The molecule has 2 saturated heterocycles. The van der Waals surface area contributed by atoms with Crippen molar-refractivity contribution < 1.29 is 19.2 Å². The predicted octanol–water partition coefficient (Wildman–Crippen LogP) is 5.24. The minimum absolute atomic E-state index is 0.0107. The van der Waals surface area contributed by atoms with E-state index in [4.69, 9.17) is 0 Å². The third-order valence-electron chi connectivity index (χ3n) is 9.55. The van der Waals surface area contributed by atoms with Crippen LogP contribution in [0.5, 0.6) is 0 Å². The van der Waals surface area contributed by atoms with Crippen LogP contribution in [0.25, 0.3) is 10.4 Å². The van der Waals surface area contributed by atoms with Crippen LogP contribution in [0.2, 0.25) is 0 Å². The molecule has 3 amide bonds. The molecule has 7 nitrogen and oxygen atoms in total. The van der Waals surface area contributed by atoms with Crippen molar-refractivity contribution in [3.8, 4) is 10.4 Å². The van der Waals surface area contributed by atoms with Crippen molar-refractivity contribution in [2.24, 2.45) is 11.8 Å². The Morgan fingerprint density at radius 3 is 2.49 bits per heavy atom. The molecule has 4 heterocycles. The van der Waals surface area contributed by atoms with E-state index in [-0.39, 0.29) is 42.0 Å². The maximum Gasteiger partial charge on any atom is 0.264 e. The SMILES string of the molecule is O=C(N[C@@]1(C(=O)N2CC[C@@H]3[C@H]2C(=O)CN3C(=O)c2ccc(-c3ccccc3)s2)CC1C1CCCCC1)c1ccsc1. The molecule has 4 atom stereocenters. The van der Waals surface area contributed by atoms with Gasteiger partial charge in [-0.2, -0.15) is 11.3 Å². The van der Waals surface area contributed by atoms with E-state index in [0.717, 1.165) is 36.1 Å². The zero-order valence-corrected chi connectivity index (χ0v) is 24.4. The van der Waals surface area contributed by atoms with Crippen molar-refractivity contribution in [3.63, 3.8) is 0 Å². The third kappa shape index (κ3) is 4.63. The molecule has 0 bridgehead atoms. The van der Waals surface area contributed by atoms with Gasteiger partial charge < -0.3 is 15.1 Å². The van der Waals surface area contributed by atoms with E-state index in [0.29, 0.717) is 35.7 Å². The Morgan fingerprint density at radius 1 is 0.927 bits per heavy atom. The monoisotopic (exact) mass is 587 g/mol. The molecule has 212 valence electrons. The van der Waals surface area contributed by atoms with E-state index < -0.39 is 11.6 Å². The number of Topliss-reactive ketones (excluding diaryl/α,β-unsaturated/α-hetero) is 1. The normalized spacial score (nSPS) is 27.6. The first-order valence-electron chi connectivity index (χ1n) is 14.6. The van der Waals surface area contributed by atoms with Gasteiger partial charge in [0.15, 0.2) is 5.78 Å².